The van der Waals surface area contributed by atoms with Crippen molar-refractivity contribution in [3.8, 4) is 24.3 Å². The van der Waals surface area contributed by atoms with Crippen molar-refractivity contribution in [2.24, 2.45) is 0 Å². The molecule has 0 radical (unpaired) electrons. The van der Waals surface area contributed by atoms with E-state index in [0.717, 1.165) is 12.1 Å². The highest BCUT2D eigenvalue weighted by atomic mass is 19.2. The van der Waals surface area contributed by atoms with E-state index in [1.807, 2.05) is 0 Å². The van der Waals surface area contributed by atoms with Crippen LogP contribution in [0.25, 0.3) is 0 Å². The van der Waals surface area contributed by atoms with Gasteiger partial charge < -0.3 is 0 Å². The van der Waals surface area contributed by atoms with Gasteiger partial charge in [-0.2, -0.15) is 21.0 Å². The molecular formula is C21H4F8N4. The second-order valence-electron chi connectivity index (χ2n) is 6.61. The zero-order chi connectivity index (χ0) is 24.8. The SMILES string of the molecule is N#CCC1=C(CC#N)C1(c1c(F)c(F)c(C#N)c(F)c1F)c1c(F)c(F)c(C#N)c(F)c1F. The van der Waals surface area contributed by atoms with E-state index in [1.165, 1.54) is 12.1 Å². The summed E-state index contributed by atoms with van der Waals surface area (Å²) in [7, 11) is 0. The van der Waals surface area contributed by atoms with E-state index < -0.39 is 98.2 Å². The first kappa shape index (κ1) is 23.2. The van der Waals surface area contributed by atoms with E-state index >= 15 is 0 Å². The molecule has 0 saturated heterocycles. The molecule has 0 unspecified atom stereocenters. The Morgan fingerprint density at radius 1 is 0.485 bits per heavy atom. The van der Waals surface area contributed by atoms with Gasteiger partial charge in [0.15, 0.2) is 46.5 Å². The molecule has 0 aliphatic heterocycles. The molecule has 0 fully saturated rings. The summed E-state index contributed by atoms with van der Waals surface area (Å²) in [5.74, 6) is -18.4. The summed E-state index contributed by atoms with van der Waals surface area (Å²) in [6.45, 7) is 0. The van der Waals surface area contributed by atoms with E-state index in [-0.39, 0.29) is 0 Å². The van der Waals surface area contributed by atoms with Crippen LogP contribution in [0.5, 0.6) is 0 Å². The van der Waals surface area contributed by atoms with Crippen molar-refractivity contribution >= 4 is 0 Å². The number of hydrogen-bond donors (Lipinski definition) is 0. The van der Waals surface area contributed by atoms with E-state index in [9.17, 15) is 35.1 Å². The van der Waals surface area contributed by atoms with Crippen LogP contribution in [-0.4, -0.2) is 0 Å². The first-order valence-electron chi connectivity index (χ1n) is 8.57. The number of allylic oxidation sites excluding steroid dienone is 2. The first-order chi connectivity index (χ1) is 15.6. The first-order valence-corrected chi connectivity index (χ1v) is 8.57. The molecule has 0 heterocycles. The monoisotopic (exact) mass is 464 g/mol. The Bertz CT molecular complexity index is 1280. The van der Waals surface area contributed by atoms with Crippen LogP contribution in [0.15, 0.2) is 11.1 Å². The van der Waals surface area contributed by atoms with Crippen LogP contribution >= 0.6 is 0 Å². The van der Waals surface area contributed by atoms with Crippen molar-refractivity contribution in [1.82, 2.24) is 0 Å². The fourth-order valence-electron chi connectivity index (χ4n) is 3.87. The van der Waals surface area contributed by atoms with Gasteiger partial charge >= 0.3 is 0 Å². The van der Waals surface area contributed by atoms with Crippen molar-refractivity contribution in [2.75, 3.05) is 0 Å². The molecule has 0 bridgehead atoms. The fraction of sp³-hybridized carbons (Fsp3) is 0.143. The maximum Gasteiger partial charge on any atom is 0.180 e. The van der Waals surface area contributed by atoms with Crippen LogP contribution < -0.4 is 0 Å². The molecule has 33 heavy (non-hydrogen) atoms. The van der Waals surface area contributed by atoms with Crippen LogP contribution in [-0.2, 0) is 5.41 Å². The number of hydrogen-bond acceptors (Lipinski definition) is 4. The van der Waals surface area contributed by atoms with Crippen molar-refractivity contribution in [3.63, 3.8) is 0 Å². The summed E-state index contributed by atoms with van der Waals surface area (Å²) in [6, 6.07) is 4.63. The molecule has 0 amide bonds. The van der Waals surface area contributed by atoms with Crippen LogP contribution in [0.3, 0.4) is 0 Å². The average Bonchev–Trinajstić information content (AvgIpc) is 3.38. The molecule has 164 valence electrons. The lowest BCUT2D eigenvalue weighted by atomic mass is 9.77. The Labute approximate surface area is 179 Å². The van der Waals surface area contributed by atoms with Gasteiger partial charge in [0.05, 0.1) is 30.4 Å². The molecule has 12 heteroatoms. The normalized spacial score (nSPS) is 13.7. The highest BCUT2D eigenvalue weighted by molar-refractivity contribution is 5.73. The quantitative estimate of drug-likeness (QED) is 0.363. The van der Waals surface area contributed by atoms with E-state index in [4.69, 9.17) is 21.0 Å². The second kappa shape index (κ2) is 7.93. The zero-order valence-corrected chi connectivity index (χ0v) is 15.7. The lowest BCUT2D eigenvalue weighted by Crippen LogP contribution is -2.27. The lowest BCUT2D eigenvalue weighted by Gasteiger charge is -2.25. The van der Waals surface area contributed by atoms with Crippen molar-refractivity contribution in [2.45, 2.75) is 18.3 Å². The minimum atomic E-state index is -3.11. The third-order valence-corrected chi connectivity index (χ3v) is 5.22. The molecule has 4 nitrogen and oxygen atoms in total. The standard InChI is InChI=1S/C21H4F8N4/c22-13-7(5-32)14(23)18(27)11(17(13)26)21(9(1-3-30)10(21)2-4-31)12-19(28)15(24)8(6-33)16(25)20(12)29/h1-2H2. The average molecular weight is 464 g/mol. The van der Waals surface area contributed by atoms with Gasteiger partial charge in [0.1, 0.15) is 23.3 Å². The topological polar surface area (TPSA) is 95.2 Å². The lowest BCUT2D eigenvalue weighted by molar-refractivity contribution is 0.405. The number of nitriles is 4. The molecule has 0 aromatic heterocycles. The smallest absolute Gasteiger partial charge is 0.180 e. The van der Waals surface area contributed by atoms with Crippen LogP contribution in [0, 0.1) is 91.9 Å². The van der Waals surface area contributed by atoms with Crippen LogP contribution in [0.2, 0.25) is 0 Å². The van der Waals surface area contributed by atoms with E-state index in [0.29, 0.717) is 0 Å². The summed E-state index contributed by atoms with van der Waals surface area (Å²) < 4.78 is 117. The maximum atomic E-state index is 14.9. The fourth-order valence-corrected chi connectivity index (χ4v) is 3.87. The number of halogens is 8. The predicted octanol–water partition coefficient (Wildman–Crippen LogP) is 4.97. The van der Waals surface area contributed by atoms with Gasteiger partial charge in [0.25, 0.3) is 0 Å². The van der Waals surface area contributed by atoms with Crippen molar-refractivity contribution in [3.05, 3.63) is 79.9 Å². The van der Waals surface area contributed by atoms with Crippen LogP contribution in [0.4, 0.5) is 35.1 Å². The summed E-state index contributed by atoms with van der Waals surface area (Å²) in [4.78, 5) is 0. The Hall–Kier alpha value is -4.42. The molecular weight excluding hydrogens is 460 g/mol. The Morgan fingerprint density at radius 3 is 0.970 bits per heavy atom. The molecule has 1 aliphatic rings. The molecule has 3 rings (SSSR count). The van der Waals surface area contributed by atoms with E-state index in [1.54, 1.807) is 0 Å². The minimum absolute atomic E-state index is 0.644. The molecule has 2 aromatic rings. The van der Waals surface area contributed by atoms with Crippen molar-refractivity contribution < 1.29 is 35.1 Å². The highest BCUT2D eigenvalue weighted by Crippen LogP contribution is 2.64. The predicted molar refractivity (Wildman–Crippen MR) is 90.2 cm³/mol. The zero-order valence-electron chi connectivity index (χ0n) is 15.7. The van der Waals surface area contributed by atoms with Gasteiger partial charge in [-0.1, -0.05) is 0 Å². The van der Waals surface area contributed by atoms with Gasteiger partial charge in [-0.25, -0.2) is 35.1 Å². The number of benzene rings is 2. The van der Waals surface area contributed by atoms with Gasteiger partial charge in [0.2, 0.25) is 0 Å². The molecule has 0 spiro atoms. The summed E-state index contributed by atoms with van der Waals surface area (Å²) in [5.41, 5.74) is -11.5. The van der Waals surface area contributed by atoms with Gasteiger partial charge in [0, 0.05) is 11.1 Å². The maximum absolute atomic E-state index is 14.9. The highest BCUT2D eigenvalue weighted by Gasteiger charge is 2.62. The van der Waals surface area contributed by atoms with E-state index in [2.05, 4.69) is 0 Å². The Balaban J connectivity index is 2.59. The summed E-state index contributed by atoms with van der Waals surface area (Å²) in [5, 5.41) is 35.6. The number of rotatable bonds is 4. The van der Waals surface area contributed by atoms with Gasteiger partial charge in [-0.05, 0) is 11.1 Å². The molecule has 0 saturated carbocycles. The number of nitrogens with zero attached hydrogens (tertiary/aromatic N) is 4. The molecule has 0 N–H and O–H groups in total. The third-order valence-electron chi connectivity index (χ3n) is 5.22. The third kappa shape index (κ3) is 2.85. The molecule has 2 aromatic carbocycles. The van der Waals surface area contributed by atoms with Crippen LogP contribution in [0.1, 0.15) is 35.1 Å². The van der Waals surface area contributed by atoms with Crippen molar-refractivity contribution in [1.29, 1.82) is 21.0 Å². The summed E-state index contributed by atoms with van der Waals surface area (Å²) in [6.07, 6.45) is -1.83. The molecule has 1 aliphatic carbocycles. The second-order valence-corrected chi connectivity index (χ2v) is 6.61. The largest absolute Gasteiger partial charge is 0.203 e. The Morgan fingerprint density at radius 2 is 0.758 bits per heavy atom. The van der Waals surface area contributed by atoms with Gasteiger partial charge in [-0.3, -0.25) is 0 Å². The molecule has 0 atom stereocenters. The Kier molecular flexibility index (Phi) is 5.58. The van der Waals surface area contributed by atoms with Gasteiger partial charge in [-0.15, -0.1) is 0 Å². The minimum Gasteiger partial charge on any atom is -0.203 e. The summed E-state index contributed by atoms with van der Waals surface area (Å²) >= 11 is 0.